The van der Waals surface area contributed by atoms with Gasteiger partial charge in [-0.25, -0.2) is 4.79 Å². The van der Waals surface area contributed by atoms with Crippen molar-refractivity contribution in [1.82, 2.24) is 9.13 Å². The van der Waals surface area contributed by atoms with Crippen LogP contribution in [0, 0.1) is 3.57 Å². The van der Waals surface area contributed by atoms with Crippen molar-refractivity contribution in [2.24, 2.45) is 7.05 Å². The average molecular weight is 455 g/mol. The van der Waals surface area contributed by atoms with E-state index in [1.807, 2.05) is 28.7 Å². The molecule has 0 bridgehead atoms. The molecule has 0 saturated carbocycles. The molecule has 0 fully saturated rings. The zero-order valence-corrected chi connectivity index (χ0v) is 14.4. The number of aromatic nitrogens is 2. The fourth-order valence-corrected chi connectivity index (χ4v) is 3.09. The van der Waals surface area contributed by atoms with Crippen LogP contribution in [0.2, 0.25) is 5.02 Å². The standard InChI is InChI=1S/C12H9BrClIN2O2/c1-16-6-10(15)11(18)17(12(16)19)5-7-2-3-8(13)4-9(7)14/h2-4,6H,5H2,1H3. The van der Waals surface area contributed by atoms with Crippen LogP contribution in [0.4, 0.5) is 0 Å². The van der Waals surface area contributed by atoms with E-state index in [0.29, 0.717) is 8.59 Å². The van der Waals surface area contributed by atoms with E-state index in [-0.39, 0.29) is 17.8 Å². The summed E-state index contributed by atoms with van der Waals surface area (Å²) >= 11 is 11.3. The summed E-state index contributed by atoms with van der Waals surface area (Å²) in [7, 11) is 1.61. The lowest BCUT2D eigenvalue weighted by Gasteiger charge is -2.09. The third-order valence-electron chi connectivity index (χ3n) is 2.63. The molecular weight excluding hydrogens is 446 g/mol. The van der Waals surface area contributed by atoms with Gasteiger partial charge < -0.3 is 4.57 Å². The lowest BCUT2D eigenvalue weighted by Crippen LogP contribution is -2.40. The van der Waals surface area contributed by atoms with Gasteiger partial charge in [-0.1, -0.05) is 33.6 Å². The summed E-state index contributed by atoms with van der Waals surface area (Å²) in [5, 5.41) is 0.516. The van der Waals surface area contributed by atoms with Gasteiger partial charge in [0.25, 0.3) is 5.56 Å². The lowest BCUT2D eigenvalue weighted by molar-refractivity contribution is 0.634. The van der Waals surface area contributed by atoms with Crippen LogP contribution in [0.25, 0.3) is 0 Å². The van der Waals surface area contributed by atoms with E-state index in [0.717, 1.165) is 10.0 Å². The van der Waals surface area contributed by atoms with E-state index in [1.165, 1.54) is 15.3 Å². The minimum atomic E-state index is -0.357. The topological polar surface area (TPSA) is 44.0 Å². The second-order valence-electron chi connectivity index (χ2n) is 4.00. The average Bonchev–Trinajstić information content (AvgIpc) is 2.34. The highest BCUT2D eigenvalue weighted by molar-refractivity contribution is 14.1. The molecular formula is C12H9BrClIN2O2. The van der Waals surface area contributed by atoms with E-state index in [1.54, 1.807) is 19.2 Å². The first-order valence-electron chi connectivity index (χ1n) is 5.30. The molecule has 2 aromatic rings. The Hall–Kier alpha value is -0.600. The zero-order valence-electron chi connectivity index (χ0n) is 9.86. The fourth-order valence-electron chi connectivity index (χ4n) is 1.65. The Bertz CT molecular complexity index is 720. The molecule has 2 rings (SSSR count). The Morgan fingerprint density at radius 2 is 2.05 bits per heavy atom. The van der Waals surface area contributed by atoms with Crippen LogP contribution in [0.3, 0.4) is 0 Å². The number of benzene rings is 1. The highest BCUT2D eigenvalue weighted by Crippen LogP contribution is 2.21. The first-order valence-corrected chi connectivity index (χ1v) is 7.55. The molecule has 0 spiro atoms. The number of hydrogen-bond acceptors (Lipinski definition) is 2. The van der Waals surface area contributed by atoms with E-state index in [2.05, 4.69) is 15.9 Å². The van der Waals surface area contributed by atoms with Crippen LogP contribution in [-0.2, 0) is 13.6 Å². The van der Waals surface area contributed by atoms with Crippen LogP contribution in [-0.4, -0.2) is 9.13 Å². The van der Waals surface area contributed by atoms with Crippen LogP contribution < -0.4 is 11.2 Å². The van der Waals surface area contributed by atoms with E-state index >= 15 is 0 Å². The van der Waals surface area contributed by atoms with E-state index in [4.69, 9.17) is 11.6 Å². The highest BCUT2D eigenvalue weighted by Gasteiger charge is 2.10. The Labute approximate surface area is 136 Å². The number of aryl methyl sites for hydroxylation is 1. The maximum Gasteiger partial charge on any atom is 0.331 e. The molecule has 7 heteroatoms. The minimum absolute atomic E-state index is 0.161. The molecule has 0 amide bonds. The largest absolute Gasteiger partial charge is 0.331 e. The van der Waals surface area contributed by atoms with Gasteiger partial charge >= 0.3 is 5.69 Å². The molecule has 0 unspecified atom stereocenters. The van der Waals surface area contributed by atoms with Gasteiger partial charge in [0, 0.05) is 22.7 Å². The monoisotopic (exact) mass is 454 g/mol. The van der Waals surface area contributed by atoms with Crippen LogP contribution in [0.5, 0.6) is 0 Å². The van der Waals surface area contributed by atoms with Gasteiger partial charge in [-0.3, -0.25) is 9.36 Å². The van der Waals surface area contributed by atoms with Gasteiger partial charge in [-0.05, 0) is 40.3 Å². The summed E-state index contributed by atoms with van der Waals surface area (Å²) in [6.07, 6.45) is 1.52. The number of nitrogens with zero attached hydrogens (tertiary/aromatic N) is 2. The first-order chi connectivity index (χ1) is 8.90. The molecule has 4 nitrogen and oxygen atoms in total. The summed E-state index contributed by atoms with van der Waals surface area (Å²) < 4.78 is 3.91. The number of hydrogen-bond donors (Lipinski definition) is 0. The summed E-state index contributed by atoms with van der Waals surface area (Å²) in [6, 6.07) is 5.35. The van der Waals surface area contributed by atoms with Gasteiger partial charge in [0.2, 0.25) is 0 Å². The highest BCUT2D eigenvalue weighted by atomic mass is 127. The number of rotatable bonds is 2. The van der Waals surface area contributed by atoms with E-state index in [9.17, 15) is 9.59 Å². The van der Waals surface area contributed by atoms with Crippen LogP contribution >= 0.6 is 50.1 Å². The third-order valence-corrected chi connectivity index (χ3v) is 4.22. The van der Waals surface area contributed by atoms with Crippen molar-refractivity contribution >= 4 is 50.1 Å². The van der Waals surface area contributed by atoms with Gasteiger partial charge in [0.1, 0.15) is 0 Å². The van der Waals surface area contributed by atoms with Crippen molar-refractivity contribution in [2.75, 3.05) is 0 Å². The Morgan fingerprint density at radius 3 is 2.68 bits per heavy atom. The summed E-state index contributed by atoms with van der Waals surface area (Å²) in [5.41, 5.74) is 0.0677. The smallest absolute Gasteiger partial charge is 0.302 e. The minimum Gasteiger partial charge on any atom is -0.302 e. The van der Waals surface area contributed by atoms with Crippen molar-refractivity contribution in [3.8, 4) is 0 Å². The second kappa shape index (κ2) is 5.80. The lowest BCUT2D eigenvalue weighted by atomic mass is 10.2. The van der Waals surface area contributed by atoms with Crippen molar-refractivity contribution in [2.45, 2.75) is 6.54 Å². The SMILES string of the molecule is Cn1cc(I)c(=O)n(Cc2ccc(Br)cc2Cl)c1=O. The van der Waals surface area contributed by atoms with Crippen molar-refractivity contribution in [3.05, 3.63) is 63.9 Å². The molecule has 0 radical (unpaired) electrons. The van der Waals surface area contributed by atoms with E-state index < -0.39 is 0 Å². The molecule has 19 heavy (non-hydrogen) atoms. The summed E-state index contributed by atoms with van der Waals surface area (Å²) in [5.74, 6) is 0. The number of halogens is 3. The predicted molar refractivity (Wildman–Crippen MR) is 86.9 cm³/mol. The predicted octanol–water partition coefficient (Wildman–Crippen LogP) is 2.62. The molecule has 0 aliphatic heterocycles. The van der Waals surface area contributed by atoms with Crippen LogP contribution in [0.15, 0.2) is 38.5 Å². The Kier molecular flexibility index (Phi) is 4.52. The second-order valence-corrected chi connectivity index (χ2v) is 6.48. The molecule has 1 aromatic carbocycles. The molecule has 1 heterocycles. The Morgan fingerprint density at radius 1 is 1.37 bits per heavy atom. The molecule has 0 aliphatic rings. The van der Waals surface area contributed by atoms with Gasteiger partial charge in [-0.15, -0.1) is 0 Å². The van der Waals surface area contributed by atoms with Crippen LogP contribution in [0.1, 0.15) is 5.56 Å². The van der Waals surface area contributed by atoms with Crippen molar-refractivity contribution in [3.63, 3.8) is 0 Å². The zero-order chi connectivity index (χ0) is 14.2. The molecule has 0 N–H and O–H groups in total. The molecule has 0 saturated heterocycles. The van der Waals surface area contributed by atoms with Crippen molar-refractivity contribution < 1.29 is 0 Å². The van der Waals surface area contributed by atoms with Gasteiger partial charge in [0.15, 0.2) is 0 Å². The first kappa shape index (κ1) is 14.8. The van der Waals surface area contributed by atoms with Crippen molar-refractivity contribution in [1.29, 1.82) is 0 Å². The molecule has 100 valence electrons. The Balaban J connectivity index is 2.56. The maximum absolute atomic E-state index is 12.0. The molecule has 1 aromatic heterocycles. The van der Waals surface area contributed by atoms with Gasteiger partial charge in [0.05, 0.1) is 10.1 Å². The normalized spacial score (nSPS) is 10.7. The molecule has 0 aliphatic carbocycles. The third kappa shape index (κ3) is 3.11. The molecule has 0 atom stereocenters. The quantitative estimate of drug-likeness (QED) is 0.654. The maximum atomic E-state index is 12.0. The summed E-state index contributed by atoms with van der Waals surface area (Å²) in [4.78, 5) is 24.0. The fraction of sp³-hybridized carbons (Fsp3) is 0.167. The summed E-state index contributed by atoms with van der Waals surface area (Å²) in [6.45, 7) is 0.161. The van der Waals surface area contributed by atoms with Gasteiger partial charge in [-0.2, -0.15) is 0 Å².